The molecule has 1 fully saturated rings. The van der Waals surface area contributed by atoms with Gasteiger partial charge in [-0.1, -0.05) is 6.07 Å². The normalized spacial score (nSPS) is 26.3. The predicted molar refractivity (Wildman–Crippen MR) is 72.9 cm³/mol. The van der Waals surface area contributed by atoms with Crippen molar-refractivity contribution in [3.63, 3.8) is 0 Å². The summed E-state index contributed by atoms with van der Waals surface area (Å²) in [4.78, 5) is 14.2. The Morgan fingerprint density at radius 3 is 2.94 bits per heavy atom. The number of nitrogens with one attached hydrogen (secondary N) is 2. The molecule has 1 saturated heterocycles. The Labute approximate surface area is 107 Å². The highest BCUT2D eigenvalue weighted by Gasteiger charge is 2.30. The zero-order valence-electron chi connectivity index (χ0n) is 10.9. The zero-order chi connectivity index (χ0) is 12.7. The third-order valence-electron chi connectivity index (χ3n) is 4.04. The summed E-state index contributed by atoms with van der Waals surface area (Å²) in [6.07, 6.45) is 2.51. The molecule has 2 atom stereocenters. The van der Waals surface area contributed by atoms with Gasteiger partial charge in [0.05, 0.1) is 0 Å². The van der Waals surface area contributed by atoms with E-state index in [1.165, 1.54) is 18.5 Å². The molecule has 4 heteroatoms. The molecule has 96 valence electrons. The van der Waals surface area contributed by atoms with Crippen molar-refractivity contribution in [3.05, 3.63) is 23.8 Å². The van der Waals surface area contributed by atoms with E-state index in [0.717, 1.165) is 17.8 Å². The summed E-state index contributed by atoms with van der Waals surface area (Å²) in [6.45, 7) is 3.37. The number of carbonyl (C=O) groups is 1. The van der Waals surface area contributed by atoms with Crippen LogP contribution in [0.15, 0.2) is 18.2 Å². The van der Waals surface area contributed by atoms with E-state index >= 15 is 0 Å². The Bertz CT molecular complexity index is 486. The van der Waals surface area contributed by atoms with Crippen molar-refractivity contribution in [2.75, 3.05) is 23.8 Å². The maximum atomic E-state index is 11.8. The number of hydrogen-bond acceptors (Lipinski definition) is 3. The molecule has 0 saturated carbocycles. The molecular formula is C14H19N3O. The van der Waals surface area contributed by atoms with Crippen LogP contribution in [0.1, 0.15) is 31.4 Å². The monoisotopic (exact) mass is 245 g/mol. The summed E-state index contributed by atoms with van der Waals surface area (Å²) >= 11 is 0. The first-order valence-corrected chi connectivity index (χ1v) is 6.59. The highest BCUT2D eigenvalue weighted by Crippen LogP contribution is 2.35. The van der Waals surface area contributed by atoms with Crippen molar-refractivity contribution in [1.82, 2.24) is 5.32 Å². The molecule has 1 aromatic rings. The van der Waals surface area contributed by atoms with E-state index in [9.17, 15) is 4.79 Å². The Hall–Kier alpha value is -1.55. The van der Waals surface area contributed by atoms with E-state index in [1.807, 2.05) is 7.05 Å². The lowest BCUT2D eigenvalue weighted by atomic mass is 10.1. The molecule has 0 radical (unpaired) electrons. The number of rotatable bonds is 2. The highest BCUT2D eigenvalue weighted by molar-refractivity contribution is 6.03. The predicted octanol–water partition coefficient (Wildman–Crippen LogP) is 1.89. The molecule has 0 bridgehead atoms. The molecule has 18 heavy (non-hydrogen) atoms. The number of amides is 1. The topological polar surface area (TPSA) is 44.4 Å². The van der Waals surface area contributed by atoms with Crippen molar-refractivity contribution in [3.8, 4) is 0 Å². The Morgan fingerprint density at radius 1 is 1.44 bits per heavy atom. The second-order valence-corrected chi connectivity index (χ2v) is 5.17. The van der Waals surface area contributed by atoms with E-state index in [4.69, 9.17) is 0 Å². The fourth-order valence-corrected chi connectivity index (χ4v) is 3.03. The largest absolute Gasteiger partial charge is 0.369 e. The Kier molecular flexibility index (Phi) is 2.74. The van der Waals surface area contributed by atoms with Gasteiger partial charge in [-0.05, 0) is 38.9 Å². The summed E-state index contributed by atoms with van der Waals surface area (Å²) in [7, 11) is 1.82. The molecule has 2 aliphatic rings. The van der Waals surface area contributed by atoms with Crippen LogP contribution in [0.4, 0.5) is 11.4 Å². The quantitative estimate of drug-likeness (QED) is 0.836. The number of nitrogens with zero attached hydrogens (tertiary/aromatic N) is 1. The number of benzene rings is 1. The van der Waals surface area contributed by atoms with Gasteiger partial charge in [0, 0.05) is 29.5 Å². The van der Waals surface area contributed by atoms with Gasteiger partial charge >= 0.3 is 0 Å². The molecule has 3 rings (SSSR count). The minimum atomic E-state index is -0.204. The molecule has 2 N–H and O–H groups in total. The highest BCUT2D eigenvalue weighted by atomic mass is 16.2. The van der Waals surface area contributed by atoms with Crippen molar-refractivity contribution in [2.45, 2.75) is 31.8 Å². The van der Waals surface area contributed by atoms with Crippen LogP contribution in [0.25, 0.3) is 0 Å². The van der Waals surface area contributed by atoms with E-state index in [1.54, 1.807) is 0 Å². The first-order chi connectivity index (χ1) is 8.70. The van der Waals surface area contributed by atoms with Crippen molar-refractivity contribution >= 4 is 17.3 Å². The van der Waals surface area contributed by atoms with Crippen LogP contribution in [0, 0.1) is 0 Å². The summed E-state index contributed by atoms with van der Waals surface area (Å²) < 4.78 is 0. The molecule has 2 aliphatic heterocycles. The van der Waals surface area contributed by atoms with Crippen LogP contribution in [-0.2, 0) is 4.79 Å². The average molecular weight is 245 g/mol. The first-order valence-electron chi connectivity index (χ1n) is 6.59. The van der Waals surface area contributed by atoms with Crippen molar-refractivity contribution < 1.29 is 4.79 Å². The van der Waals surface area contributed by atoms with E-state index in [2.05, 4.69) is 40.7 Å². The molecule has 0 spiro atoms. The second kappa shape index (κ2) is 4.28. The minimum Gasteiger partial charge on any atom is -0.369 e. The van der Waals surface area contributed by atoms with E-state index in [-0.39, 0.29) is 11.9 Å². The van der Waals surface area contributed by atoms with Crippen LogP contribution in [0.5, 0.6) is 0 Å². The number of hydrogen-bond donors (Lipinski definition) is 2. The van der Waals surface area contributed by atoms with Gasteiger partial charge in [-0.2, -0.15) is 0 Å². The van der Waals surface area contributed by atoms with Gasteiger partial charge in [-0.3, -0.25) is 4.79 Å². The van der Waals surface area contributed by atoms with Gasteiger partial charge in [0.2, 0.25) is 5.91 Å². The molecule has 2 unspecified atom stereocenters. The summed E-state index contributed by atoms with van der Waals surface area (Å²) in [5.74, 6) is 0.0409. The van der Waals surface area contributed by atoms with Crippen LogP contribution >= 0.6 is 0 Å². The molecule has 4 nitrogen and oxygen atoms in total. The second-order valence-electron chi connectivity index (χ2n) is 5.17. The third kappa shape index (κ3) is 1.68. The maximum absolute atomic E-state index is 11.8. The smallest absolute Gasteiger partial charge is 0.246 e. The Morgan fingerprint density at radius 2 is 2.28 bits per heavy atom. The fourth-order valence-electron chi connectivity index (χ4n) is 3.03. The van der Waals surface area contributed by atoms with Crippen LogP contribution < -0.4 is 15.5 Å². The van der Waals surface area contributed by atoms with Crippen molar-refractivity contribution in [2.24, 2.45) is 0 Å². The van der Waals surface area contributed by atoms with Gasteiger partial charge in [-0.25, -0.2) is 0 Å². The van der Waals surface area contributed by atoms with Gasteiger partial charge in [0.1, 0.15) is 6.04 Å². The summed E-state index contributed by atoms with van der Waals surface area (Å²) in [6, 6.07) is 6.69. The van der Waals surface area contributed by atoms with Gasteiger partial charge < -0.3 is 15.5 Å². The molecular weight excluding hydrogens is 226 g/mol. The van der Waals surface area contributed by atoms with E-state index in [0.29, 0.717) is 6.04 Å². The third-order valence-corrected chi connectivity index (χ3v) is 4.04. The lowest BCUT2D eigenvalue weighted by Gasteiger charge is -2.24. The summed E-state index contributed by atoms with van der Waals surface area (Å²) in [5.41, 5.74) is 3.23. The lowest BCUT2D eigenvalue weighted by molar-refractivity contribution is -0.117. The lowest BCUT2D eigenvalue weighted by Crippen LogP contribution is -2.26. The zero-order valence-corrected chi connectivity index (χ0v) is 10.9. The maximum Gasteiger partial charge on any atom is 0.246 e. The number of fused-ring (bicyclic) bond motifs is 1. The van der Waals surface area contributed by atoms with Crippen molar-refractivity contribution in [1.29, 1.82) is 0 Å². The van der Waals surface area contributed by atoms with Gasteiger partial charge in [0.15, 0.2) is 0 Å². The van der Waals surface area contributed by atoms with Gasteiger partial charge in [-0.15, -0.1) is 0 Å². The molecule has 1 aromatic carbocycles. The first kappa shape index (κ1) is 11.5. The minimum absolute atomic E-state index is 0.0409. The number of anilines is 2. The number of carbonyl (C=O) groups excluding carboxylic acids is 1. The molecule has 0 aromatic heterocycles. The summed E-state index contributed by atoms with van der Waals surface area (Å²) in [5, 5.41) is 5.99. The average Bonchev–Trinajstić information content (AvgIpc) is 2.90. The fraction of sp³-hybridized carbons (Fsp3) is 0.500. The standard InChI is InChI=1S/C14H19N3O/c1-9-4-3-7-17(9)10-5-6-11-12(8-10)16-14(18)13(11)15-2/h5-6,8-9,13,15H,3-4,7H2,1-2H3,(H,16,18). The van der Waals surface area contributed by atoms with Gasteiger partial charge in [0.25, 0.3) is 0 Å². The van der Waals surface area contributed by atoms with Crippen LogP contribution in [0.3, 0.4) is 0 Å². The Balaban J connectivity index is 1.93. The van der Waals surface area contributed by atoms with Crippen LogP contribution in [0.2, 0.25) is 0 Å². The SMILES string of the molecule is CNC1C(=O)Nc2cc(N3CCCC3C)ccc21. The molecule has 2 heterocycles. The number of likely N-dealkylation sites (N-methyl/N-ethyl adjacent to an activating group) is 1. The van der Waals surface area contributed by atoms with E-state index < -0.39 is 0 Å². The molecule has 1 amide bonds. The van der Waals surface area contributed by atoms with Crippen LogP contribution in [-0.4, -0.2) is 25.5 Å². The molecule has 0 aliphatic carbocycles.